The Labute approximate surface area is 117 Å². The summed E-state index contributed by atoms with van der Waals surface area (Å²) in [6.45, 7) is 2.37. The van der Waals surface area contributed by atoms with Gasteiger partial charge in [0.25, 0.3) is 0 Å². The second-order valence-corrected chi connectivity index (χ2v) is 5.50. The van der Waals surface area contributed by atoms with Crippen molar-refractivity contribution < 1.29 is 14.6 Å². The second-order valence-electron chi connectivity index (χ2n) is 4.65. The van der Waals surface area contributed by atoms with Gasteiger partial charge in [0, 0.05) is 23.7 Å². The Bertz CT molecular complexity index is 444. The zero-order valence-electron chi connectivity index (χ0n) is 11.0. The third-order valence-electron chi connectivity index (χ3n) is 3.30. The first-order valence-electron chi connectivity index (χ1n) is 6.44. The predicted octanol–water partition coefficient (Wildman–Crippen LogP) is 2.95. The van der Waals surface area contributed by atoms with Crippen molar-refractivity contribution in [2.45, 2.75) is 17.7 Å². The maximum Gasteiger partial charge on any atom is 0.338 e. The fourth-order valence-corrected chi connectivity index (χ4v) is 2.91. The van der Waals surface area contributed by atoms with E-state index in [1.165, 1.54) is 11.8 Å². The summed E-state index contributed by atoms with van der Waals surface area (Å²) in [6.07, 6.45) is 4.11. The van der Waals surface area contributed by atoms with Gasteiger partial charge in [0.15, 0.2) is 0 Å². The van der Waals surface area contributed by atoms with Gasteiger partial charge in [-0.15, -0.1) is 11.8 Å². The van der Waals surface area contributed by atoms with Gasteiger partial charge in [-0.2, -0.15) is 0 Å². The van der Waals surface area contributed by atoms with Gasteiger partial charge in [-0.1, -0.05) is 6.07 Å². The standard InChI is InChI=1S/C14H19NO3S/c1-19-12-6-2-5-11(13(12)14(16)17)15-8-10-4-3-7-18-9-10/h2,5-6,10,15H,3-4,7-9H2,1H3,(H,16,17). The fraction of sp³-hybridized carbons (Fsp3) is 0.500. The molecule has 5 heteroatoms. The highest BCUT2D eigenvalue weighted by Gasteiger charge is 2.17. The van der Waals surface area contributed by atoms with Crippen molar-refractivity contribution >= 4 is 23.4 Å². The van der Waals surface area contributed by atoms with Crippen LogP contribution in [0.5, 0.6) is 0 Å². The first-order valence-corrected chi connectivity index (χ1v) is 7.66. The number of rotatable bonds is 5. The lowest BCUT2D eigenvalue weighted by Gasteiger charge is -2.23. The van der Waals surface area contributed by atoms with Gasteiger partial charge in [0.05, 0.1) is 12.2 Å². The minimum Gasteiger partial charge on any atom is -0.478 e. The van der Waals surface area contributed by atoms with Crippen LogP contribution < -0.4 is 5.32 Å². The van der Waals surface area contributed by atoms with Gasteiger partial charge in [0.2, 0.25) is 0 Å². The van der Waals surface area contributed by atoms with Crippen molar-refractivity contribution in [2.24, 2.45) is 5.92 Å². The van der Waals surface area contributed by atoms with E-state index in [-0.39, 0.29) is 0 Å². The summed E-state index contributed by atoms with van der Waals surface area (Å²) in [5, 5.41) is 12.6. The van der Waals surface area contributed by atoms with E-state index in [0.717, 1.165) is 37.5 Å². The van der Waals surface area contributed by atoms with E-state index >= 15 is 0 Å². The van der Waals surface area contributed by atoms with E-state index in [4.69, 9.17) is 4.74 Å². The quantitative estimate of drug-likeness (QED) is 0.813. The highest BCUT2D eigenvalue weighted by Crippen LogP contribution is 2.27. The molecule has 1 heterocycles. The van der Waals surface area contributed by atoms with Gasteiger partial charge >= 0.3 is 5.97 Å². The van der Waals surface area contributed by atoms with Crippen LogP contribution >= 0.6 is 11.8 Å². The van der Waals surface area contributed by atoms with Gasteiger partial charge < -0.3 is 15.2 Å². The molecule has 19 heavy (non-hydrogen) atoms. The first kappa shape index (κ1) is 14.2. The Kier molecular flexibility index (Phi) is 5.10. The minimum atomic E-state index is -0.882. The van der Waals surface area contributed by atoms with Crippen LogP contribution in [-0.4, -0.2) is 37.1 Å². The molecule has 4 nitrogen and oxygen atoms in total. The van der Waals surface area contributed by atoms with Crippen LogP contribution in [0.25, 0.3) is 0 Å². The van der Waals surface area contributed by atoms with Crippen molar-refractivity contribution in [2.75, 3.05) is 31.3 Å². The normalized spacial score (nSPS) is 19.1. The van der Waals surface area contributed by atoms with Crippen molar-refractivity contribution in [3.63, 3.8) is 0 Å². The molecule has 1 saturated heterocycles. The molecule has 0 amide bonds. The molecule has 0 saturated carbocycles. The molecular formula is C14H19NO3S. The molecule has 1 aliphatic heterocycles. The topological polar surface area (TPSA) is 58.6 Å². The number of anilines is 1. The average molecular weight is 281 g/mol. The van der Waals surface area contributed by atoms with Gasteiger partial charge in [-0.25, -0.2) is 4.79 Å². The molecule has 1 fully saturated rings. The molecule has 0 aliphatic carbocycles. The highest BCUT2D eigenvalue weighted by molar-refractivity contribution is 7.98. The smallest absolute Gasteiger partial charge is 0.338 e. The van der Waals surface area contributed by atoms with Crippen LogP contribution in [-0.2, 0) is 4.74 Å². The lowest BCUT2D eigenvalue weighted by atomic mass is 10.0. The first-order chi connectivity index (χ1) is 9.22. The van der Waals surface area contributed by atoms with Crippen LogP contribution in [0.2, 0.25) is 0 Å². The predicted molar refractivity (Wildman–Crippen MR) is 77.2 cm³/mol. The van der Waals surface area contributed by atoms with E-state index in [2.05, 4.69) is 5.32 Å². The maximum absolute atomic E-state index is 11.4. The molecule has 0 spiro atoms. The summed E-state index contributed by atoms with van der Waals surface area (Å²) >= 11 is 1.45. The number of carbonyl (C=O) groups is 1. The van der Waals surface area contributed by atoms with E-state index in [9.17, 15) is 9.90 Å². The highest BCUT2D eigenvalue weighted by atomic mass is 32.2. The Morgan fingerprint density at radius 2 is 2.42 bits per heavy atom. The van der Waals surface area contributed by atoms with Gasteiger partial charge in [-0.05, 0) is 37.1 Å². The molecule has 1 aromatic carbocycles. The number of hydrogen-bond acceptors (Lipinski definition) is 4. The summed E-state index contributed by atoms with van der Waals surface area (Å²) in [5.74, 6) is -0.416. The zero-order valence-corrected chi connectivity index (χ0v) is 11.8. The van der Waals surface area contributed by atoms with Crippen molar-refractivity contribution in [1.29, 1.82) is 0 Å². The summed E-state index contributed by atoms with van der Waals surface area (Å²) in [4.78, 5) is 12.2. The average Bonchev–Trinajstić information content (AvgIpc) is 2.45. The number of nitrogens with one attached hydrogen (secondary N) is 1. The van der Waals surface area contributed by atoms with Crippen molar-refractivity contribution in [3.8, 4) is 0 Å². The molecule has 1 aliphatic rings. The van der Waals surface area contributed by atoms with Crippen LogP contribution in [0.3, 0.4) is 0 Å². The molecule has 0 bridgehead atoms. The van der Waals surface area contributed by atoms with Crippen LogP contribution in [0.15, 0.2) is 23.1 Å². The Hall–Kier alpha value is -1.20. The summed E-state index contributed by atoms with van der Waals surface area (Å²) < 4.78 is 5.43. The molecule has 1 unspecified atom stereocenters. The number of thioether (sulfide) groups is 1. The fourth-order valence-electron chi connectivity index (χ4n) is 2.29. The number of carboxylic acids is 1. The lowest BCUT2D eigenvalue weighted by Crippen LogP contribution is -2.25. The van der Waals surface area contributed by atoms with Crippen molar-refractivity contribution in [1.82, 2.24) is 0 Å². The lowest BCUT2D eigenvalue weighted by molar-refractivity contribution is 0.0595. The van der Waals surface area contributed by atoms with E-state index < -0.39 is 5.97 Å². The summed E-state index contributed by atoms with van der Waals surface area (Å²) in [6, 6.07) is 5.55. The Balaban J connectivity index is 2.08. The zero-order chi connectivity index (χ0) is 13.7. The number of hydrogen-bond donors (Lipinski definition) is 2. The number of carboxylic acid groups (broad SMARTS) is 1. The van der Waals surface area contributed by atoms with E-state index in [0.29, 0.717) is 17.2 Å². The van der Waals surface area contributed by atoms with Crippen LogP contribution in [0.1, 0.15) is 23.2 Å². The molecule has 0 radical (unpaired) electrons. The molecular weight excluding hydrogens is 262 g/mol. The van der Waals surface area contributed by atoms with Gasteiger partial charge in [-0.3, -0.25) is 0 Å². The number of aromatic carboxylic acids is 1. The minimum absolute atomic E-state index is 0.367. The van der Waals surface area contributed by atoms with Crippen LogP contribution in [0, 0.1) is 5.92 Å². The van der Waals surface area contributed by atoms with Crippen LogP contribution in [0.4, 0.5) is 5.69 Å². The summed E-state index contributed by atoms with van der Waals surface area (Å²) in [5.41, 5.74) is 1.07. The molecule has 0 aromatic heterocycles. The second kappa shape index (κ2) is 6.82. The van der Waals surface area contributed by atoms with E-state index in [1.54, 1.807) is 0 Å². The van der Waals surface area contributed by atoms with Crippen molar-refractivity contribution in [3.05, 3.63) is 23.8 Å². The molecule has 2 N–H and O–H groups in total. The maximum atomic E-state index is 11.4. The number of benzene rings is 1. The molecule has 104 valence electrons. The van der Waals surface area contributed by atoms with Gasteiger partial charge in [0.1, 0.15) is 0 Å². The molecule has 1 aromatic rings. The molecule has 2 rings (SSSR count). The number of ether oxygens (including phenoxy) is 1. The monoisotopic (exact) mass is 281 g/mol. The Morgan fingerprint density at radius 3 is 3.05 bits per heavy atom. The third kappa shape index (κ3) is 3.64. The van der Waals surface area contributed by atoms with E-state index in [1.807, 2.05) is 24.5 Å². The molecule has 1 atom stereocenters. The Morgan fingerprint density at radius 1 is 1.58 bits per heavy atom. The largest absolute Gasteiger partial charge is 0.478 e. The SMILES string of the molecule is CSc1cccc(NCC2CCCOC2)c1C(=O)O. The third-order valence-corrected chi connectivity index (χ3v) is 4.08. The summed E-state index contributed by atoms with van der Waals surface area (Å²) in [7, 11) is 0.